The number of halogens is 1. The van der Waals surface area contributed by atoms with Crippen LogP contribution in [0.25, 0.3) is 0 Å². The molecule has 1 amide bonds. The van der Waals surface area contributed by atoms with Crippen molar-refractivity contribution in [3.8, 4) is 0 Å². The van der Waals surface area contributed by atoms with Gasteiger partial charge < -0.3 is 10.4 Å². The maximum Gasteiger partial charge on any atom is 0.338 e. The number of aromatic nitrogens is 2. The van der Waals surface area contributed by atoms with Crippen molar-refractivity contribution in [3.05, 3.63) is 53.1 Å². The van der Waals surface area contributed by atoms with Crippen LogP contribution in [0.3, 0.4) is 0 Å². The molecule has 2 aromatic heterocycles. The fourth-order valence-corrected chi connectivity index (χ4v) is 1.59. The van der Waals surface area contributed by atoms with Crippen LogP contribution < -0.4 is 5.32 Å². The van der Waals surface area contributed by atoms with E-state index in [1.165, 1.54) is 24.5 Å². The normalized spacial score (nSPS) is 9.95. The predicted molar refractivity (Wildman–Crippen MR) is 68.4 cm³/mol. The summed E-state index contributed by atoms with van der Waals surface area (Å²) in [5.74, 6) is -1.89. The Balaban J connectivity index is 2.31. The van der Waals surface area contributed by atoms with Gasteiger partial charge in [0.05, 0.1) is 11.3 Å². The topological polar surface area (TPSA) is 92.2 Å². The van der Waals surface area contributed by atoms with E-state index in [2.05, 4.69) is 15.3 Å². The molecule has 6 nitrogen and oxygen atoms in total. The van der Waals surface area contributed by atoms with E-state index in [-0.39, 0.29) is 22.1 Å². The largest absolute Gasteiger partial charge is 0.478 e. The van der Waals surface area contributed by atoms with Crippen molar-refractivity contribution in [1.29, 1.82) is 0 Å². The molecule has 0 spiro atoms. The number of carbonyl (C=O) groups excluding carboxylic acids is 1. The summed E-state index contributed by atoms with van der Waals surface area (Å²) in [4.78, 5) is 30.5. The summed E-state index contributed by atoms with van der Waals surface area (Å²) < 4.78 is 0. The molecule has 0 aliphatic rings. The summed E-state index contributed by atoms with van der Waals surface area (Å²) >= 11 is 5.80. The van der Waals surface area contributed by atoms with E-state index in [9.17, 15) is 9.59 Å². The second kappa shape index (κ2) is 5.45. The molecule has 2 N–H and O–H groups in total. The summed E-state index contributed by atoms with van der Waals surface area (Å²) in [6.45, 7) is 0. The fourth-order valence-electron chi connectivity index (χ4n) is 1.42. The third-order valence-corrected chi connectivity index (χ3v) is 2.56. The van der Waals surface area contributed by atoms with Crippen LogP contribution in [0.5, 0.6) is 0 Å². The lowest BCUT2D eigenvalue weighted by Crippen LogP contribution is -2.18. The lowest BCUT2D eigenvalue weighted by molar-refractivity contribution is 0.0691. The van der Waals surface area contributed by atoms with Gasteiger partial charge in [-0.2, -0.15) is 0 Å². The quantitative estimate of drug-likeness (QED) is 0.838. The van der Waals surface area contributed by atoms with Crippen LogP contribution in [0, 0.1) is 0 Å². The van der Waals surface area contributed by atoms with E-state index in [1.807, 2.05) is 0 Å². The Morgan fingerprint density at radius 1 is 1.16 bits per heavy atom. The highest BCUT2D eigenvalue weighted by molar-refractivity contribution is 6.32. The second-order valence-corrected chi connectivity index (χ2v) is 3.86. The molecule has 0 aromatic carbocycles. The minimum absolute atomic E-state index is 0.114. The van der Waals surface area contributed by atoms with Crippen LogP contribution in [-0.4, -0.2) is 27.0 Å². The Kier molecular flexibility index (Phi) is 3.72. The summed E-state index contributed by atoms with van der Waals surface area (Å²) in [6.07, 6.45) is 2.81. The van der Waals surface area contributed by atoms with Crippen molar-refractivity contribution in [2.75, 3.05) is 5.32 Å². The molecule has 0 saturated carbocycles. The average Bonchev–Trinajstić information content (AvgIpc) is 2.41. The van der Waals surface area contributed by atoms with Gasteiger partial charge in [-0.3, -0.25) is 9.78 Å². The van der Waals surface area contributed by atoms with Gasteiger partial charge in [-0.25, -0.2) is 9.78 Å². The standard InChI is InChI=1S/C12H8ClN3O3/c13-10-8(4-2-6-15-10)16-11(17)9-7(12(18)19)3-1-5-14-9/h1-6H,(H,16,17)(H,18,19). The molecule has 7 heteroatoms. The summed E-state index contributed by atoms with van der Waals surface area (Å²) in [5.41, 5.74) is -0.0777. The van der Waals surface area contributed by atoms with E-state index in [0.717, 1.165) is 0 Å². The fraction of sp³-hybridized carbons (Fsp3) is 0. The minimum atomic E-state index is -1.23. The lowest BCUT2D eigenvalue weighted by Gasteiger charge is -2.07. The number of carboxylic acid groups (broad SMARTS) is 1. The molecule has 19 heavy (non-hydrogen) atoms. The van der Waals surface area contributed by atoms with Crippen molar-refractivity contribution in [3.63, 3.8) is 0 Å². The zero-order valence-electron chi connectivity index (χ0n) is 9.50. The Labute approximate surface area is 113 Å². The van der Waals surface area contributed by atoms with Crippen molar-refractivity contribution in [1.82, 2.24) is 9.97 Å². The first-order valence-corrected chi connectivity index (χ1v) is 5.57. The number of carboxylic acids is 1. The molecule has 0 atom stereocenters. The number of rotatable bonds is 3. The van der Waals surface area contributed by atoms with Crippen molar-refractivity contribution in [2.45, 2.75) is 0 Å². The highest BCUT2D eigenvalue weighted by Crippen LogP contribution is 2.18. The van der Waals surface area contributed by atoms with E-state index in [1.54, 1.807) is 12.1 Å². The molecule has 0 aliphatic heterocycles. The number of hydrogen-bond donors (Lipinski definition) is 2. The first-order chi connectivity index (χ1) is 9.09. The smallest absolute Gasteiger partial charge is 0.338 e. The summed E-state index contributed by atoms with van der Waals surface area (Å²) in [6, 6.07) is 5.89. The van der Waals surface area contributed by atoms with Gasteiger partial charge in [0.15, 0.2) is 5.15 Å². The summed E-state index contributed by atoms with van der Waals surface area (Å²) in [7, 11) is 0. The van der Waals surface area contributed by atoms with Crippen LogP contribution in [0.15, 0.2) is 36.7 Å². The highest BCUT2D eigenvalue weighted by Gasteiger charge is 2.18. The van der Waals surface area contributed by atoms with E-state index >= 15 is 0 Å². The Bertz CT molecular complexity index is 646. The molecule has 0 aliphatic carbocycles. The van der Waals surface area contributed by atoms with Gasteiger partial charge in [-0.05, 0) is 24.3 Å². The van der Waals surface area contributed by atoms with Gasteiger partial charge >= 0.3 is 5.97 Å². The highest BCUT2D eigenvalue weighted by atomic mass is 35.5. The molecule has 2 aromatic rings. The third-order valence-electron chi connectivity index (χ3n) is 2.26. The van der Waals surface area contributed by atoms with Crippen LogP contribution in [-0.2, 0) is 0 Å². The number of anilines is 1. The molecule has 0 unspecified atom stereocenters. The molecule has 2 rings (SSSR count). The number of carbonyl (C=O) groups is 2. The monoisotopic (exact) mass is 277 g/mol. The van der Waals surface area contributed by atoms with Crippen LogP contribution in [0.1, 0.15) is 20.8 Å². The number of pyridine rings is 2. The van der Waals surface area contributed by atoms with Crippen molar-refractivity contribution >= 4 is 29.2 Å². The minimum Gasteiger partial charge on any atom is -0.478 e. The number of nitrogens with one attached hydrogen (secondary N) is 1. The van der Waals surface area contributed by atoms with Gasteiger partial charge in [0.25, 0.3) is 5.91 Å². The molecular weight excluding hydrogens is 270 g/mol. The molecule has 0 saturated heterocycles. The van der Waals surface area contributed by atoms with Gasteiger partial charge in [0.1, 0.15) is 5.69 Å². The molecule has 2 heterocycles. The van der Waals surface area contributed by atoms with E-state index in [4.69, 9.17) is 16.7 Å². The Morgan fingerprint density at radius 2 is 1.84 bits per heavy atom. The zero-order valence-corrected chi connectivity index (χ0v) is 10.3. The average molecular weight is 278 g/mol. The molecule has 96 valence electrons. The van der Waals surface area contributed by atoms with Crippen LogP contribution >= 0.6 is 11.6 Å². The number of aromatic carboxylic acids is 1. The maximum atomic E-state index is 12.0. The first kappa shape index (κ1) is 13.0. The van der Waals surface area contributed by atoms with Crippen molar-refractivity contribution < 1.29 is 14.7 Å². The summed E-state index contributed by atoms with van der Waals surface area (Å²) in [5, 5.41) is 11.6. The van der Waals surface area contributed by atoms with Gasteiger partial charge in [0, 0.05) is 12.4 Å². The third kappa shape index (κ3) is 2.86. The van der Waals surface area contributed by atoms with Gasteiger partial charge in [-0.15, -0.1) is 0 Å². The van der Waals surface area contributed by atoms with Gasteiger partial charge in [0.2, 0.25) is 0 Å². The van der Waals surface area contributed by atoms with E-state index in [0.29, 0.717) is 0 Å². The zero-order chi connectivity index (χ0) is 13.8. The SMILES string of the molecule is O=C(O)c1cccnc1C(=O)Nc1cccnc1Cl. The maximum absolute atomic E-state index is 12.0. The predicted octanol–water partition coefficient (Wildman–Crippen LogP) is 2.08. The van der Waals surface area contributed by atoms with Crippen LogP contribution in [0.2, 0.25) is 5.15 Å². The number of hydrogen-bond acceptors (Lipinski definition) is 4. The molecule has 0 radical (unpaired) electrons. The number of nitrogens with zero attached hydrogens (tertiary/aromatic N) is 2. The number of amides is 1. The second-order valence-electron chi connectivity index (χ2n) is 3.50. The Morgan fingerprint density at radius 3 is 2.53 bits per heavy atom. The van der Waals surface area contributed by atoms with Crippen molar-refractivity contribution in [2.24, 2.45) is 0 Å². The van der Waals surface area contributed by atoms with E-state index < -0.39 is 11.9 Å². The van der Waals surface area contributed by atoms with Gasteiger partial charge in [-0.1, -0.05) is 11.6 Å². The van der Waals surface area contributed by atoms with Crippen LogP contribution in [0.4, 0.5) is 5.69 Å². The first-order valence-electron chi connectivity index (χ1n) is 5.20. The molecular formula is C12H8ClN3O3. The molecule has 0 bridgehead atoms. The Hall–Kier alpha value is -2.47. The lowest BCUT2D eigenvalue weighted by atomic mass is 10.2. The molecule has 0 fully saturated rings.